The van der Waals surface area contributed by atoms with Crippen molar-refractivity contribution in [2.45, 2.75) is 277 Å². The van der Waals surface area contributed by atoms with E-state index in [9.17, 15) is 0 Å². The van der Waals surface area contributed by atoms with Gasteiger partial charge in [0.05, 0.1) is 0 Å². The summed E-state index contributed by atoms with van der Waals surface area (Å²) >= 11 is 0. The van der Waals surface area contributed by atoms with Crippen molar-refractivity contribution in [1.29, 1.82) is 0 Å². The van der Waals surface area contributed by atoms with Crippen LogP contribution in [0.2, 0.25) is 0 Å². The SMILES string of the molecule is CC.CC.CC.CC.CC.CC.CC.CC.CC.CC.CC.CC.CC.CC.CC.CC.CC.CC.Cc1ccc(-c2c(-c3ccccc3)cc(-c3ccccc3)cc2-c2ccccc2)cc1.Cc1ccc(-c2c(-c3ccccc3)cccc2-c2ccccc2)cc1.Cc1ccc(-c2cc(-c3ccccc3)c(-c3ccccc3)cc2-c2ccccc2)cc1.Cc1ccc(-c2cc(-c3ccccc3)ccc2-c2ccccc2)cc1. The fourth-order valence-electron chi connectivity index (χ4n) is 14.8. The number of hydrogen-bond acceptors (Lipinski definition) is 0. The highest BCUT2D eigenvalue weighted by molar-refractivity contribution is 6.00. The van der Waals surface area contributed by atoms with Gasteiger partial charge in [0.25, 0.3) is 0 Å². The second-order valence-electron chi connectivity index (χ2n) is 28.5. The molecular formula is C148H196. The summed E-state index contributed by atoms with van der Waals surface area (Å²) in [5.74, 6) is 0. The van der Waals surface area contributed by atoms with Gasteiger partial charge in [-0.3, -0.25) is 0 Å². The molecule has 0 aliphatic carbocycles. The largest absolute Gasteiger partial charge is 0.0683 e. The van der Waals surface area contributed by atoms with Crippen molar-refractivity contribution in [2.24, 2.45) is 0 Å². The number of rotatable bonds is 14. The van der Waals surface area contributed by atoms with Crippen LogP contribution in [0.1, 0.15) is 272 Å². The van der Waals surface area contributed by atoms with Crippen LogP contribution in [0.25, 0.3) is 156 Å². The lowest BCUT2D eigenvalue weighted by Crippen LogP contribution is -1.93. The molecule has 0 heteroatoms. The lowest BCUT2D eigenvalue weighted by Gasteiger charge is -2.19. The maximum Gasteiger partial charge on any atom is -0.00264 e. The van der Waals surface area contributed by atoms with E-state index in [-0.39, 0.29) is 0 Å². The molecule has 0 aromatic heterocycles. The Bertz CT molecular complexity index is 5890. The molecular weight excluding hydrogens is 1780 g/mol. The first-order valence-corrected chi connectivity index (χ1v) is 56.7. The third kappa shape index (κ3) is 46.4. The van der Waals surface area contributed by atoms with Crippen LogP contribution in [0.4, 0.5) is 0 Å². The summed E-state index contributed by atoms with van der Waals surface area (Å²) in [6, 6.07) is 165. The summed E-state index contributed by atoms with van der Waals surface area (Å²) in [6.45, 7) is 80.5. The lowest BCUT2D eigenvalue weighted by atomic mass is 9.84. The zero-order valence-corrected chi connectivity index (χ0v) is 99.9. The highest BCUT2D eigenvalue weighted by Crippen LogP contribution is 2.47. The normalized spacial score (nSPS) is 8.81. The number of aryl methyl sites for hydroxylation is 4. The van der Waals surface area contributed by atoms with Gasteiger partial charge in [0.15, 0.2) is 0 Å². The predicted molar refractivity (Wildman–Crippen MR) is 685 cm³/mol. The van der Waals surface area contributed by atoms with Gasteiger partial charge in [-0.15, -0.1) is 0 Å². The molecule has 148 heavy (non-hydrogen) atoms. The molecule has 0 N–H and O–H groups in total. The van der Waals surface area contributed by atoms with Gasteiger partial charge in [-0.05, 0) is 214 Å². The Kier molecular flexibility index (Phi) is 87.9. The van der Waals surface area contributed by atoms with Gasteiger partial charge >= 0.3 is 0 Å². The minimum Gasteiger partial charge on any atom is -0.0683 e. The van der Waals surface area contributed by atoms with E-state index in [0.29, 0.717) is 0 Å². The van der Waals surface area contributed by atoms with Crippen LogP contribution < -0.4 is 0 Å². The average molecular weight is 1980 g/mol. The minimum atomic E-state index is 1.23. The van der Waals surface area contributed by atoms with Gasteiger partial charge in [-0.1, -0.05) is 702 Å². The van der Waals surface area contributed by atoms with Crippen molar-refractivity contribution in [3.63, 3.8) is 0 Å². The first-order chi connectivity index (χ1) is 73.2. The summed E-state index contributed by atoms with van der Waals surface area (Å²) in [5.41, 5.74) is 40.1. The van der Waals surface area contributed by atoms with Crippen molar-refractivity contribution in [1.82, 2.24) is 0 Å². The van der Waals surface area contributed by atoms with Crippen molar-refractivity contribution >= 4 is 0 Å². The molecule has 0 radical (unpaired) electrons. The van der Waals surface area contributed by atoms with E-state index in [4.69, 9.17) is 0 Å². The molecule has 0 nitrogen and oxygen atoms in total. The van der Waals surface area contributed by atoms with E-state index < -0.39 is 0 Å². The molecule has 18 rings (SSSR count). The average Bonchev–Trinajstić information content (AvgIpc) is 0.765. The smallest absolute Gasteiger partial charge is 0.00264 e. The summed E-state index contributed by atoms with van der Waals surface area (Å²) in [4.78, 5) is 0. The first kappa shape index (κ1) is 140. The Morgan fingerprint density at radius 1 is 0.0811 bits per heavy atom. The molecule has 0 atom stereocenters. The monoisotopic (exact) mass is 1970 g/mol. The molecule has 0 amide bonds. The van der Waals surface area contributed by atoms with E-state index in [2.05, 4.69) is 489 Å². The quantitative estimate of drug-likeness (QED) is 0.102. The Morgan fingerprint density at radius 2 is 0.223 bits per heavy atom. The van der Waals surface area contributed by atoms with Crippen LogP contribution in [0.15, 0.2) is 461 Å². The van der Waals surface area contributed by atoms with Gasteiger partial charge in [0, 0.05) is 0 Å². The van der Waals surface area contributed by atoms with Crippen LogP contribution >= 0.6 is 0 Å². The topological polar surface area (TPSA) is 0 Å². The highest BCUT2D eigenvalue weighted by atomic mass is 14.2. The first-order valence-electron chi connectivity index (χ1n) is 56.7. The second kappa shape index (κ2) is 92.8. The van der Waals surface area contributed by atoms with Crippen molar-refractivity contribution in [2.75, 3.05) is 0 Å². The molecule has 0 heterocycles. The maximum absolute atomic E-state index is 2.37. The number of hydrogen-bond donors (Lipinski definition) is 0. The standard InChI is InChI=1S/2C31H24.2C25H20.18C2H6/c1-23-17-19-27(20-18-23)31-22-29(25-13-7-3-8-14-25)28(24-11-5-2-6-12-24)21-30(31)26-15-9-4-10-16-26;1-23-17-19-27(20-18-23)31-29(25-13-7-3-8-14-25)21-28(24-11-5-2-6-12-24)22-30(31)26-15-9-4-10-16-26;1-19-15-17-22(18-16-19)25-23(20-9-4-2-5-10-20)13-8-14-24(25)21-11-6-3-7-12-21;1-19-12-14-22(15-13-19)25-18-23(20-8-4-2-5-9-20)16-17-24(25)21-10-6-3-7-11-21;18*1-2/h2*2-22H,1H3;2*2-18H,1H3;18*1-2H3. The Hall–Kier alpha value is -14.0. The molecule has 788 valence electrons. The number of benzene rings is 18. The highest BCUT2D eigenvalue weighted by Gasteiger charge is 2.20. The molecule has 18 aromatic rings. The van der Waals surface area contributed by atoms with E-state index >= 15 is 0 Å². The predicted octanol–water partition coefficient (Wildman–Crippen LogP) is 49.8. The van der Waals surface area contributed by atoms with E-state index in [1.807, 2.05) is 249 Å². The third-order valence-corrected chi connectivity index (χ3v) is 20.7. The van der Waals surface area contributed by atoms with Crippen LogP contribution in [0.5, 0.6) is 0 Å². The van der Waals surface area contributed by atoms with Gasteiger partial charge in [0.1, 0.15) is 0 Å². The van der Waals surface area contributed by atoms with Gasteiger partial charge < -0.3 is 0 Å². The molecule has 0 saturated carbocycles. The Balaban J connectivity index is -0.000000847. The van der Waals surface area contributed by atoms with Crippen LogP contribution in [0, 0.1) is 27.7 Å². The molecule has 0 saturated heterocycles. The molecule has 0 fully saturated rings. The van der Waals surface area contributed by atoms with Crippen LogP contribution in [0.3, 0.4) is 0 Å². The minimum absolute atomic E-state index is 1.23. The Morgan fingerprint density at radius 3 is 0.439 bits per heavy atom. The van der Waals surface area contributed by atoms with Gasteiger partial charge in [0.2, 0.25) is 0 Å². The second-order valence-corrected chi connectivity index (χ2v) is 28.5. The van der Waals surface area contributed by atoms with Crippen molar-refractivity contribution in [3.8, 4) is 156 Å². The molecule has 0 unspecified atom stereocenters. The maximum atomic E-state index is 2.37. The van der Waals surface area contributed by atoms with E-state index in [1.165, 1.54) is 178 Å². The zero-order valence-electron chi connectivity index (χ0n) is 99.9. The molecule has 0 spiro atoms. The zero-order chi connectivity index (χ0) is 112. The summed E-state index contributed by atoms with van der Waals surface area (Å²) in [7, 11) is 0. The lowest BCUT2D eigenvalue weighted by molar-refractivity contribution is 1.46. The molecule has 0 aliphatic rings. The molecule has 18 aromatic carbocycles. The van der Waals surface area contributed by atoms with Gasteiger partial charge in [-0.2, -0.15) is 0 Å². The fourth-order valence-corrected chi connectivity index (χ4v) is 14.8. The van der Waals surface area contributed by atoms with Crippen molar-refractivity contribution in [3.05, 3.63) is 483 Å². The van der Waals surface area contributed by atoms with Crippen LogP contribution in [-0.2, 0) is 0 Å². The van der Waals surface area contributed by atoms with Gasteiger partial charge in [-0.25, -0.2) is 0 Å². The third-order valence-electron chi connectivity index (χ3n) is 20.7. The molecule has 0 aliphatic heterocycles. The Labute approximate surface area is 909 Å². The summed E-state index contributed by atoms with van der Waals surface area (Å²) < 4.78 is 0. The fraction of sp³-hybridized carbons (Fsp3) is 0.270. The van der Waals surface area contributed by atoms with E-state index in [0.717, 1.165) is 0 Å². The molecule has 0 bridgehead atoms. The summed E-state index contributed by atoms with van der Waals surface area (Å²) in [5, 5.41) is 0. The van der Waals surface area contributed by atoms with E-state index in [1.54, 1.807) is 0 Å². The van der Waals surface area contributed by atoms with Crippen LogP contribution in [-0.4, -0.2) is 0 Å². The van der Waals surface area contributed by atoms with Crippen molar-refractivity contribution < 1.29 is 0 Å². The summed E-state index contributed by atoms with van der Waals surface area (Å²) in [6.07, 6.45) is 0.